The van der Waals surface area contributed by atoms with Crippen LogP contribution in [0.2, 0.25) is 0 Å². The number of aliphatic hydroxyl groups is 1. The minimum Gasteiger partial charge on any atom is -0.392 e. The van der Waals surface area contributed by atoms with Crippen LogP contribution in [0, 0.1) is 5.92 Å². The monoisotopic (exact) mass is 318 g/mol. The zero-order chi connectivity index (χ0) is 16.8. The van der Waals surface area contributed by atoms with Crippen LogP contribution in [-0.2, 0) is 16.0 Å². The lowest BCUT2D eigenvalue weighted by Gasteiger charge is -2.20. The molecule has 0 aromatic heterocycles. The largest absolute Gasteiger partial charge is 0.392 e. The summed E-state index contributed by atoms with van der Waals surface area (Å²) in [7, 11) is 0. The highest BCUT2D eigenvalue weighted by molar-refractivity contribution is 5.88. The Morgan fingerprint density at radius 2 is 1.87 bits per heavy atom. The number of aliphatic hydroxyl groups excluding tert-OH is 1. The lowest BCUT2D eigenvalue weighted by atomic mass is 10.0. The standard InChI is InChI=1S/C18H26N2O3/c1-12(2)16(21)11-17(22)20-15(18(23)19-14-8-9-14)10-13-6-4-3-5-7-13/h3-7,12,14-16,21H,8-11H2,1-2H3,(H,19,23)(H,20,22). The summed E-state index contributed by atoms with van der Waals surface area (Å²) in [6.07, 6.45) is 1.77. The first-order valence-electron chi connectivity index (χ1n) is 8.27. The van der Waals surface area contributed by atoms with Crippen LogP contribution in [0.1, 0.15) is 38.7 Å². The number of rotatable bonds is 8. The molecular formula is C18H26N2O3. The summed E-state index contributed by atoms with van der Waals surface area (Å²) in [5, 5.41) is 15.5. The maximum absolute atomic E-state index is 12.4. The third kappa shape index (κ3) is 6.02. The van der Waals surface area contributed by atoms with Gasteiger partial charge in [-0.3, -0.25) is 9.59 Å². The number of carbonyl (C=O) groups excluding carboxylic acids is 2. The second kappa shape index (κ2) is 8.11. The van der Waals surface area contributed by atoms with Gasteiger partial charge in [0.25, 0.3) is 0 Å². The van der Waals surface area contributed by atoms with Gasteiger partial charge in [0, 0.05) is 12.5 Å². The fourth-order valence-electron chi connectivity index (χ4n) is 2.27. The number of benzene rings is 1. The van der Waals surface area contributed by atoms with Gasteiger partial charge in [-0.1, -0.05) is 44.2 Å². The topological polar surface area (TPSA) is 78.4 Å². The van der Waals surface area contributed by atoms with Crippen molar-refractivity contribution in [2.45, 2.75) is 57.7 Å². The normalized spacial score (nSPS) is 16.7. The molecule has 3 N–H and O–H groups in total. The smallest absolute Gasteiger partial charge is 0.243 e. The molecule has 1 aliphatic carbocycles. The summed E-state index contributed by atoms with van der Waals surface area (Å²) < 4.78 is 0. The highest BCUT2D eigenvalue weighted by atomic mass is 16.3. The maximum atomic E-state index is 12.4. The first-order valence-corrected chi connectivity index (χ1v) is 8.27. The van der Waals surface area contributed by atoms with Crippen LogP contribution in [0.3, 0.4) is 0 Å². The van der Waals surface area contributed by atoms with Gasteiger partial charge in [0.15, 0.2) is 0 Å². The Morgan fingerprint density at radius 1 is 1.22 bits per heavy atom. The van der Waals surface area contributed by atoms with E-state index in [0.29, 0.717) is 6.42 Å². The van der Waals surface area contributed by atoms with Crippen molar-refractivity contribution in [2.75, 3.05) is 0 Å². The SMILES string of the molecule is CC(C)C(O)CC(=O)NC(Cc1ccccc1)C(=O)NC1CC1. The summed E-state index contributed by atoms with van der Waals surface area (Å²) >= 11 is 0. The lowest BCUT2D eigenvalue weighted by Crippen LogP contribution is -2.49. The third-order valence-corrected chi connectivity index (χ3v) is 4.02. The molecular weight excluding hydrogens is 292 g/mol. The molecule has 5 heteroatoms. The van der Waals surface area contributed by atoms with E-state index in [1.54, 1.807) is 0 Å². The molecule has 5 nitrogen and oxygen atoms in total. The molecule has 1 fully saturated rings. The third-order valence-electron chi connectivity index (χ3n) is 4.02. The Balaban J connectivity index is 1.97. The van der Waals surface area contributed by atoms with E-state index in [1.165, 1.54) is 0 Å². The van der Waals surface area contributed by atoms with Crippen molar-refractivity contribution >= 4 is 11.8 Å². The molecule has 0 aliphatic heterocycles. The molecule has 0 heterocycles. The van der Waals surface area contributed by atoms with Gasteiger partial charge in [0.05, 0.1) is 12.5 Å². The number of hydrogen-bond donors (Lipinski definition) is 3. The van der Waals surface area contributed by atoms with E-state index in [-0.39, 0.29) is 30.2 Å². The summed E-state index contributed by atoms with van der Waals surface area (Å²) in [5.74, 6) is -0.435. The molecule has 0 bridgehead atoms. The van der Waals surface area contributed by atoms with Crippen molar-refractivity contribution in [3.05, 3.63) is 35.9 Å². The average Bonchev–Trinajstić information content (AvgIpc) is 3.31. The van der Waals surface area contributed by atoms with E-state index in [0.717, 1.165) is 18.4 Å². The van der Waals surface area contributed by atoms with E-state index in [1.807, 2.05) is 44.2 Å². The Bertz CT molecular complexity index is 526. The number of amides is 2. The zero-order valence-electron chi connectivity index (χ0n) is 13.8. The summed E-state index contributed by atoms with van der Waals surface area (Å²) in [4.78, 5) is 24.5. The predicted octanol–water partition coefficient (Wildman–Crippen LogP) is 1.40. The maximum Gasteiger partial charge on any atom is 0.243 e. The van der Waals surface area contributed by atoms with E-state index >= 15 is 0 Å². The second-order valence-electron chi connectivity index (χ2n) is 6.61. The van der Waals surface area contributed by atoms with Crippen LogP contribution in [0.15, 0.2) is 30.3 Å². The van der Waals surface area contributed by atoms with Crippen molar-refractivity contribution in [1.82, 2.24) is 10.6 Å². The van der Waals surface area contributed by atoms with Crippen LogP contribution < -0.4 is 10.6 Å². The van der Waals surface area contributed by atoms with Crippen LogP contribution >= 0.6 is 0 Å². The second-order valence-corrected chi connectivity index (χ2v) is 6.61. The Labute approximate surface area is 137 Å². The van der Waals surface area contributed by atoms with E-state index in [9.17, 15) is 14.7 Å². The Kier molecular flexibility index (Phi) is 6.16. The minimum absolute atomic E-state index is 0.00798. The molecule has 2 unspecified atom stereocenters. The highest BCUT2D eigenvalue weighted by Crippen LogP contribution is 2.19. The number of nitrogens with one attached hydrogen (secondary N) is 2. The minimum atomic E-state index is -0.695. The lowest BCUT2D eigenvalue weighted by molar-refractivity contribution is -0.130. The fourth-order valence-corrected chi connectivity index (χ4v) is 2.27. The van der Waals surface area contributed by atoms with Crippen LogP contribution in [0.4, 0.5) is 0 Å². The predicted molar refractivity (Wildman–Crippen MR) is 88.7 cm³/mol. The molecule has 2 atom stereocenters. The molecule has 2 amide bonds. The quantitative estimate of drug-likeness (QED) is 0.678. The van der Waals surface area contributed by atoms with E-state index in [2.05, 4.69) is 10.6 Å². The number of hydrogen-bond acceptors (Lipinski definition) is 3. The molecule has 0 saturated heterocycles. The molecule has 1 aromatic carbocycles. The van der Waals surface area contributed by atoms with Gasteiger partial charge < -0.3 is 15.7 Å². The molecule has 2 rings (SSSR count). The van der Waals surface area contributed by atoms with Crippen molar-refractivity contribution in [3.8, 4) is 0 Å². The van der Waals surface area contributed by atoms with Crippen LogP contribution in [-0.4, -0.2) is 35.1 Å². The molecule has 1 aliphatic rings. The van der Waals surface area contributed by atoms with Crippen LogP contribution in [0.5, 0.6) is 0 Å². The Morgan fingerprint density at radius 3 is 2.43 bits per heavy atom. The first-order chi connectivity index (χ1) is 11.0. The van der Waals surface area contributed by atoms with Crippen molar-refractivity contribution in [3.63, 3.8) is 0 Å². The van der Waals surface area contributed by atoms with Gasteiger partial charge in [0.1, 0.15) is 6.04 Å². The molecule has 23 heavy (non-hydrogen) atoms. The van der Waals surface area contributed by atoms with Crippen molar-refractivity contribution in [2.24, 2.45) is 5.92 Å². The van der Waals surface area contributed by atoms with Gasteiger partial charge in [0.2, 0.25) is 11.8 Å². The van der Waals surface area contributed by atoms with Crippen LogP contribution in [0.25, 0.3) is 0 Å². The molecule has 1 saturated carbocycles. The highest BCUT2D eigenvalue weighted by Gasteiger charge is 2.29. The van der Waals surface area contributed by atoms with Gasteiger partial charge in [-0.05, 0) is 24.3 Å². The zero-order valence-corrected chi connectivity index (χ0v) is 13.8. The molecule has 126 valence electrons. The molecule has 0 radical (unpaired) electrons. The van der Waals surface area contributed by atoms with Gasteiger partial charge >= 0.3 is 0 Å². The summed E-state index contributed by atoms with van der Waals surface area (Å²) in [6.45, 7) is 3.72. The van der Waals surface area contributed by atoms with Gasteiger partial charge in [-0.2, -0.15) is 0 Å². The molecule has 1 aromatic rings. The molecule has 0 spiro atoms. The van der Waals surface area contributed by atoms with Gasteiger partial charge in [-0.25, -0.2) is 0 Å². The van der Waals surface area contributed by atoms with Crippen molar-refractivity contribution < 1.29 is 14.7 Å². The summed E-state index contributed by atoms with van der Waals surface area (Å²) in [5.41, 5.74) is 0.994. The Hall–Kier alpha value is -1.88. The number of carbonyl (C=O) groups is 2. The van der Waals surface area contributed by atoms with Crippen molar-refractivity contribution in [1.29, 1.82) is 0 Å². The first kappa shape index (κ1) is 17.5. The van der Waals surface area contributed by atoms with E-state index < -0.39 is 12.1 Å². The van der Waals surface area contributed by atoms with Gasteiger partial charge in [-0.15, -0.1) is 0 Å². The average molecular weight is 318 g/mol. The van der Waals surface area contributed by atoms with E-state index in [4.69, 9.17) is 0 Å². The summed E-state index contributed by atoms with van der Waals surface area (Å²) in [6, 6.07) is 9.26. The fraction of sp³-hybridized carbons (Fsp3) is 0.556.